The van der Waals surface area contributed by atoms with Crippen molar-refractivity contribution >= 4 is 5.91 Å². The SMILES string of the molecule is Cc1ncccc1-c1ccc(C(CO)NC(=O)C2CCCN2)cc1. The lowest BCUT2D eigenvalue weighted by atomic mass is 10.00. The van der Waals surface area contributed by atoms with Gasteiger partial charge in [0.25, 0.3) is 0 Å². The van der Waals surface area contributed by atoms with Crippen molar-refractivity contribution in [1.82, 2.24) is 15.6 Å². The number of aliphatic hydroxyl groups excluding tert-OH is 1. The molecule has 3 rings (SSSR count). The van der Waals surface area contributed by atoms with Gasteiger partial charge >= 0.3 is 0 Å². The Hall–Kier alpha value is -2.24. The number of hydrogen-bond donors (Lipinski definition) is 3. The minimum absolute atomic E-state index is 0.0428. The van der Waals surface area contributed by atoms with Crippen molar-refractivity contribution in [1.29, 1.82) is 0 Å². The van der Waals surface area contributed by atoms with Gasteiger partial charge in [-0.3, -0.25) is 9.78 Å². The molecule has 2 aromatic rings. The fourth-order valence-corrected chi connectivity index (χ4v) is 3.10. The topological polar surface area (TPSA) is 74.2 Å². The van der Waals surface area contributed by atoms with Crippen LogP contribution in [0.4, 0.5) is 0 Å². The van der Waals surface area contributed by atoms with Crippen LogP contribution in [-0.4, -0.2) is 35.2 Å². The molecular formula is C19H23N3O2. The molecule has 0 saturated carbocycles. The molecule has 1 aliphatic rings. The van der Waals surface area contributed by atoms with Crippen molar-refractivity contribution in [2.24, 2.45) is 0 Å². The maximum Gasteiger partial charge on any atom is 0.237 e. The van der Waals surface area contributed by atoms with Gasteiger partial charge in [-0.25, -0.2) is 0 Å². The number of aliphatic hydroxyl groups is 1. The molecule has 0 aliphatic carbocycles. The number of carbonyl (C=O) groups is 1. The summed E-state index contributed by atoms with van der Waals surface area (Å²) >= 11 is 0. The summed E-state index contributed by atoms with van der Waals surface area (Å²) in [4.78, 5) is 16.5. The predicted octanol–water partition coefficient (Wildman–Crippen LogP) is 1.96. The molecule has 1 aromatic carbocycles. The molecule has 2 atom stereocenters. The fourth-order valence-electron chi connectivity index (χ4n) is 3.10. The lowest BCUT2D eigenvalue weighted by Crippen LogP contribution is -2.42. The third-order valence-electron chi connectivity index (χ3n) is 4.51. The summed E-state index contributed by atoms with van der Waals surface area (Å²) in [6, 6.07) is 11.3. The first-order valence-electron chi connectivity index (χ1n) is 8.35. The lowest BCUT2D eigenvalue weighted by Gasteiger charge is -2.20. The van der Waals surface area contributed by atoms with Gasteiger partial charge < -0.3 is 15.7 Å². The van der Waals surface area contributed by atoms with Crippen LogP contribution in [0.15, 0.2) is 42.6 Å². The third-order valence-corrected chi connectivity index (χ3v) is 4.51. The molecule has 0 radical (unpaired) electrons. The Morgan fingerprint density at radius 2 is 2.17 bits per heavy atom. The molecule has 0 spiro atoms. The monoisotopic (exact) mass is 325 g/mol. The number of nitrogens with one attached hydrogen (secondary N) is 2. The summed E-state index contributed by atoms with van der Waals surface area (Å²) in [6.07, 6.45) is 3.64. The number of hydrogen-bond acceptors (Lipinski definition) is 4. The lowest BCUT2D eigenvalue weighted by molar-refractivity contribution is -0.123. The van der Waals surface area contributed by atoms with Crippen molar-refractivity contribution in [3.63, 3.8) is 0 Å². The van der Waals surface area contributed by atoms with Crippen LogP contribution in [0, 0.1) is 6.92 Å². The van der Waals surface area contributed by atoms with Crippen LogP contribution in [0.3, 0.4) is 0 Å². The maximum absolute atomic E-state index is 12.2. The van der Waals surface area contributed by atoms with E-state index in [-0.39, 0.29) is 24.6 Å². The van der Waals surface area contributed by atoms with Gasteiger partial charge in [-0.1, -0.05) is 30.3 Å². The largest absolute Gasteiger partial charge is 0.394 e. The zero-order chi connectivity index (χ0) is 16.9. The summed E-state index contributed by atoms with van der Waals surface area (Å²) in [5.41, 5.74) is 4.03. The van der Waals surface area contributed by atoms with Gasteiger partial charge in [0.05, 0.1) is 18.7 Å². The van der Waals surface area contributed by atoms with E-state index in [2.05, 4.69) is 15.6 Å². The van der Waals surface area contributed by atoms with E-state index in [0.29, 0.717) is 0 Å². The zero-order valence-electron chi connectivity index (χ0n) is 13.8. The van der Waals surface area contributed by atoms with Gasteiger partial charge in [0, 0.05) is 17.5 Å². The molecule has 0 bridgehead atoms. The maximum atomic E-state index is 12.2. The van der Waals surface area contributed by atoms with Crippen LogP contribution in [-0.2, 0) is 4.79 Å². The Bertz CT molecular complexity index is 694. The zero-order valence-corrected chi connectivity index (χ0v) is 13.8. The van der Waals surface area contributed by atoms with E-state index in [9.17, 15) is 9.90 Å². The Morgan fingerprint density at radius 3 is 2.79 bits per heavy atom. The molecule has 1 aliphatic heterocycles. The smallest absolute Gasteiger partial charge is 0.237 e. The summed E-state index contributed by atoms with van der Waals surface area (Å²) in [5.74, 6) is -0.0428. The average molecular weight is 325 g/mol. The molecule has 1 amide bonds. The minimum atomic E-state index is -0.385. The van der Waals surface area contributed by atoms with E-state index >= 15 is 0 Å². The number of nitrogens with zero attached hydrogens (tertiary/aromatic N) is 1. The van der Waals surface area contributed by atoms with Gasteiger partial charge in [0.2, 0.25) is 5.91 Å². The van der Waals surface area contributed by atoms with E-state index in [4.69, 9.17) is 0 Å². The quantitative estimate of drug-likeness (QED) is 0.786. The van der Waals surface area contributed by atoms with Crippen LogP contribution in [0.2, 0.25) is 0 Å². The number of carbonyl (C=O) groups excluding carboxylic acids is 1. The van der Waals surface area contributed by atoms with Crippen LogP contribution < -0.4 is 10.6 Å². The van der Waals surface area contributed by atoms with Gasteiger partial charge in [0.15, 0.2) is 0 Å². The molecule has 1 fully saturated rings. The van der Waals surface area contributed by atoms with E-state index < -0.39 is 0 Å². The summed E-state index contributed by atoms with van der Waals surface area (Å²) in [5, 5.41) is 15.8. The molecule has 2 unspecified atom stereocenters. The highest BCUT2D eigenvalue weighted by Crippen LogP contribution is 2.24. The second-order valence-corrected chi connectivity index (χ2v) is 6.15. The molecule has 3 N–H and O–H groups in total. The first kappa shape index (κ1) is 16.6. The average Bonchev–Trinajstić information content (AvgIpc) is 3.15. The Kier molecular flexibility index (Phi) is 5.23. The van der Waals surface area contributed by atoms with Crippen LogP contribution in [0.5, 0.6) is 0 Å². The molecule has 5 heteroatoms. The highest BCUT2D eigenvalue weighted by molar-refractivity contribution is 5.82. The van der Waals surface area contributed by atoms with E-state index in [0.717, 1.165) is 41.8 Å². The second-order valence-electron chi connectivity index (χ2n) is 6.15. The van der Waals surface area contributed by atoms with Crippen molar-refractivity contribution in [3.05, 3.63) is 53.9 Å². The Morgan fingerprint density at radius 1 is 1.38 bits per heavy atom. The van der Waals surface area contributed by atoms with Crippen LogP contribution >= 0.6 is 0 Å². The summed E-state index contributed by atoms with van der Waals surface area (Å²) in [6.45, 7) is 2.74. The molecule has 1 aromatic heterocycles. The number of amides is 1. The fraction of sp³-hybridized carbons (Fsp3) is 0.368. The number of aryl methyl sites for hydroxylation is 1. The van der Waals surface area contributed by atoms with Gasteiger partial charge in [-0.2, -0.15) is 0 Å². The highest BCUT2D eigenvalue weighted by atomic mass is 16.3. The second kappa shape index (κ2) is 7.55. The van der Waals surface area contributed by atoms with E-state index in [1.54, 1.807) is 6.20 Å². The normalized spacial score (nSPS) is 18.3. The first-order valence-corrected chi connectivity index (χ1v) is 8.35. The number of rotatable bonds is 5. The van der Waals surface area contributed by atoms with Gasteiger partial charge in [-0.15, -0.1) is 0 Å². The number of aromatic nitrogens is 1. The van der Waals surface area contributed by atoms with Crippen molar-refractivity contribution in [2.45, 2.75) is 31.8 Å². The van der Waals surface area contributed by atoms with Crippen LogP contribution in [0.1, 0.15) is 30.1 Å². The standard InChI is InChI=1S/C19H23N3O2/c1-13-16(4-2-10-20-13)14-6-8-15(9-7-14)18(12-23)22-19(24)17-5-3-11-21-17/h2,4,6-10,17-18,21,23H,3,5,11-12H2,1H3,(H,22,24). The highest BCUT2D eigenvalue weighted by Gasteiger charge is 2.24. The number of pyridine rings is 1. The molecule has 126 valence electrons. The van der Waals surface area contributed by atoms with Gasteiger partial charge in [-0.05, 0) is 43.5 Å². The Balaban J connectivity index is 1.73. The Labute approximate surface area is 142 Å². The molecule has 5 nitrogen and oxygen atoms in total. The minimum Gasteiger partial charge on any atom is -0.394 e. The molecule has 2 heterocycles. The van der Waals surface area contributed by atoms with Crippen molar-refractivity contribution in [2.75, 3.05) is 13.2 Å². The number of benzene rings is 1. The van der Waals surface area contributed by atoms with Gasteiger partial charge in [0.1, 0.15) is 0 Å². The van der Waals surface area contributed by atoms with E-state index in [1.165, 1.54) is 0 Å². The third kappa shape index (κ3) is 3.63. The molecule has 24 heavy (non-hydrogen) atoms. The van der Waals surface area contributed by atoms with E-state index in [1.807, 2.05) is 43.3 Å². The predicted molar refractivity (Wildman–Crippen MR) is 93.4 cm³/mol. The van der Waals surface area contributed by atoms with Crippen molar-refractivity contribution in [3.8, 4) is 11.1 Å². The molecule has 1 saturated heterocycles. The molecular weight excluding hydrogens is 302 g/mol. The summed E-state index contributed by atoms with van der Waals surface area (Å²) in [7, 11) is 0. The van der Waals surface area contributed by atoms with Crippen molar-refractivity contribution < 1.29 is 9.90 Å². The first-order chi connectivity index (χ1) is 11.7. The van der Waals surface area contributed by atoms with Crippen LogP contribution in [0.25, 0.3) is 11.1 Å². The summed E-state index contributed by atoms with van der Waals surface area (Å²) < 4.78 is 0.